The Kier molecular flexibility index (Phi) is 4.84. The Morgan fingerprint density at radius 2 is 2.14 bits per heavy atom. The number of hydrogen-bond acceptors (Lipinski definition) is 5. The van der Waals surface area contributed by atoms with Crippen molar-refractivity contribution in [1.29, 1.82) is 5.26 Å². The second kappa shape index (κ2) is 7.44. The Morgan fingerprint density at radius 3 is 2.93 bits per heavy atom. The molecule has 2 heterocycles. The fourth-order valence-electron chi connectivity index (χ4n) is 3.09. The van der Waals surface area contributed by atoms with Crippen LogP contribution in [0.2, 0.25) is 0 Å². The number of anilines is 1. The maximum Gasteiger partial charge on any atom is 0.292 e. The minimum absolute atomic E-state index is 0.0515. The normalized spacial score (nSPS) is 12.5. The number of fused-ring (bicyclic) bond motifs is 1. The topological polar surface area (TPSA) is 75.3 Å². The molecule has 1 aromatic carbocycles. The first-order valence-electron chi connectivity index (χ1n) is 8.57. The van der Waals surface area contributed by atoms with E-state index in [1.165, 1.54) is 29.5 Å². The third-order valence-corrected chi connectivity index (χ3v) is 5.62. The van der Waals surface area contributed by atoms with Crippen molar-refractivity contribution in [2.24, 2.45) is 0 Å². The summed E-state index contributed by atoms with van der Waals surface area (Å²) in [5, 5.41) is 12.6. The number of nitriles is 1. The van der Waals surface area contributed by atoms with Gasteiger partial charge in [0, 0.05) is 10.9 Å². The Labute approximate surface area is 163 Å². The fourth-order valence-corrected chi connectivity index (χ4v) is 4.33. The first kappa shape index (κ1) is 18.2. The molecule has 4 rings (SSSR count). The highest BCUT2D eigenvalue weighted by molar-refractivity contribution is 7.16. The van der Waals surface area contributed by atoms with E-state index in [2.05, 4.69) is 11.4 Å². The molecular formula is C20H14F2N2O3S. The van der Waals surface area contributed by atoms with Gasteiger partial charge in [0.15, 0.2) is 17.3 Å². The van der Waals surface area contributed by atoms with Gasteiger partial charge in [0.2, 0.25) is 0 Å². The number of rotatable bonds is 5. The molecule has 1 N–H and O–H groups in total. The molecule has 28 heavy (non-hydrogen) atoms. The van der Waals surface area contributed by atoms with Crippen LogP contribution in [0.4, 0.5) is 13.8 Å². The van der Waals surface area contributed by atoms with E-state index >= 15 is 0 Å². The SMILES string of the molecule is N#Cc1c(NC(=O)c2ccc(COc3ccc(F)cc3F)o2)sc2c1CCC2. The zero-order valence-corrected chi connectivity index (χ0v) is 15.4. The number of amides is 1. The largest absolute Gasteiger partial charge is 0.483 e. The molecule has 1 aliphatic carbocycles. The smallest absolute Gasteiger partial charge is 0.292 e. The molecule has 0 aliphatic heterocycles. The number of carbonyl (C=O) groups is 1. The highest BCUT2D eigenvalue weighted by Gasteiger charge is 2.24. The molecule has 1 aliphatic rings. The predicted octanol–water partition coefficient (Wildman–Crippen LogP) is 4.81. The van der Waals surface area contributed by atoms with Crippen LogP contribution in [0, 0.1) is 23.0 Å². The second-order valence-electron chi connectivity index (χ2n) is 6.26. The predicted molar refractivity (Wildman–Crippen MR) is 98.4 cm³/mol. The number of carbonyl (C=O) groups excluding carboxylic acids is 1. The van der Waals surface area contributed by atoms with E-state index in [-0.39, 0.29) is 18.1 Å². The molecule has 3 aromatic rings. The number of thiophene rings is 1. The molecule has 142 valence electrons. The van der Waals surface area contributed by atoms with Crippen LogP contribution in [0.25, 0.3) is 0 Å². The summed E-state index contributed by atoms with van der Waals surface area (Å²) in [7, 11) is 0. The van der Waals surface area contributed by atoms with E-state index in [0.717, 1.165) is 41.8 Å². The van der Waals surface area contributed by atoms with Crippen molar-refractivity contribution in [3.05, 3.63) is 69.5 Å². The molecule has 0 spiro atoms. The molecule has 0 saturated carbocycles. The summed E-state index contributed by atoms with van der Waals surface area (Å²) in [6.45, 7) is -0.118. The van der Waals surface area contributed by atoms with Crippen molar-refractivity contribution in [3.8, 4) is 11.8 Å². The Balaban J connectivity index is 1.43. The lowest BCUT2D eigenvalue weighted by atomic mass is 10.1. The fraction of sp³-hybridized carbons (Fsp3) is 0.200. The maximum absolute atomic E-state index is 13.6. The van der Waals surface area contributed by atoms with Crippen LogP contribution in [0.1, 0.15) is 38.7 Å². The summed E-state index contributed by atoms with van der Waals surface area (Å²) in [6.07, 6.45) is 2.81. The zero-order valence-electron chi connectivity index (χ0n) is 14.6. The lowest BCUT2D eigenvalue weighted by Gasteiger charge is -2.05. The van der Waals surface area contributed by atoms with Crippen LogP contribution in [0.15, 0.2) is 34.7 Å². The van der Waals surface area contributed by atoms with Gasteiger partial charge < -0.3 is 14.5 Å². The van der Waals surface area contributed by atoms with Crippen molar-refractivity contribution >= 4 is 22.2 Å². The molecule has 5 nitrogen and oxygen atoms in total. The number of hydrogen-bond donors (Lipinski definition) is 1. The van der Waals surface area contributed by atoms with Crippen LogP contribution in [-0.2, 0) is 19.4 Å². The summed E-state index contributed by atoms with van der Waals surface area (Å²) in [5.41, 5.74) is 1.55. The Morgan fingerprint density at radius 1 is 1.29 bits per heavy atom. The molecule has 8 heteroatoms. The van der Waals surface area contributed by atoms with Crippen molar-refractivity contribution in [1.82, 2.24) is 0 Å². The van der Waals surface area contributed by atoms with Gasteiger partial charge >= 0.3 is 0 Å². The minimum atomic E-state index is -0.820. The van der Waals surface area contributed by atoms with Crippen LogP contribution < -0.4 is 10.1 Å². The number of furan rings is 1. The summed E-state index contributed by atoms with van der Waals surface area (Å²) in [5.74, 6) is -1.75. The Bertz CT molecular complexity index is 1100. The molecule has 1 amide bonds. The van der Waals surface area contributed by atoms with Crippen LogP contribution in [0.5, 0.6) is 5.75 Å². The van der Waals surface area contributed by atoms with Gasteiger partial charge in [0.1, 0.15) is 29.3 Å². The number of aryl methyl sites for hydroxylation is 1. The monoisotopic (exact) mass is 400 g/mol. The van der Waals surface area contributed by atoms with Crippen LogP contribution in [0.3, 0.4) is 0 Å². The molecule has 2 aromatic heterocycles. The standard InChI is InChI=1S/C20H14F2N2O3S/c21-11-4-6-16(15(22)8-11)26-10-12-5-7-17(27-12)19(25)24-20-14(9-23)13-2-1-3-18(13)28-20/h4-8H,1-3,10H2,(H,24,25). The molecule has 0 atom stereocenters. The third-order valence-electron chi connectivity index (χ3n) is 4.41. The number of nitrogens with zero attached hydrogens (tertiary/aromatic N) is 1. The lowest BCUT2D eigenvalue weighted by Crippen LogP contribution is -2.11. The van der Waals surface area contributed by atoms with E-state index in [1.54, 1.807) is 0 Å². The van der Waals surface area contributed by atoms with Crippen molar-refractivity contribution in [2.45, 2.75) is 25.9 Å². The van der Waals surface area contributed by atoms with Crippen molar-refractivity contribution < 1.29 is 22.7 Å². The van der Waals surface area contributed by atoms with Crippen molar-refractivity contribution in [3.63, 3.8) is 0 Å². The molecule has 0 saturated heterocycles. The third kappa shape index (κ3) is 3.49. The summed E-state index contributed by atoms with van der Waals surface area (Å²) in [4.78, 5) is 13.6. The Hall–Kier alpha value is -3.18. The van der Waals surface area contributed by atoms with Gasteiger partial charge in [-0.3, -0.25) is 4.79 Å². The average molecular weight is 400 g/mol. The number of benzene rings is 1. The molecular weight excluding hydrogens is 386 g/mol. The van der Waals surface area contributed by atoms with Gasteiger partial charge in [0.05, 0.1) is 5.56 Å². The summed E-state index contributed by atoms with van der Waals surface area (Å²) in [6, 6.07) is 8.17. The van der Waals surface area contributed by atoms with Gasteiger partial charge in [-0.2, -0.15) is 5.26 Å². The number of ether oxygens (including phenoxy) is 1. The van der Waals surface area contributed by atoms with Gasteiger partial charge in [0.25, 0.3) is 5.91 Å². The van der Waals surface area contributed by atoms with Gasteiger partial charge in [-0.1, -0.05) is 0 Å². The molecule has 0 radical (unpaired) electrons. The zero-order chi connectivity index (χ0) is 19.7. The van der Waals surface area contributed by atoms with E-state index in [4.69, 9.17) is 9.15 Å². The van der Waals surface area contributed by atoms with E-state index in [1.807, 2.05) is 0 Å². The van der Waals surface area contributed by atoms with Gasteiger partial charge in [-0.25, -0.2) is 8.78 Å². The summed E-state index contributed by atoms with van der Waals surface area (Å²) < 4.78 is 37.2. The highest BCUT2D eigenvalue weighted by Crippen LogP contribution is 2.38. The highest BCUT2D eigenvalue weighted by atomic mass is 32.1. The van der Waals surface area contributed by atoms with Gasteiger partial charge in [-0.15, -0.1) is 11.3 Å². The van der Waals surface area contributed by atoms with Crippen LogP contribution in [-0.4, -0.2) is 5.91 Å². The maximum atomic E-state index is 13.6. The second-order valence-corrected chi connectivity index (χ2v) is 7.36. The average Bonchev–Trinajstić information content (AvgIpc) is 3.36. The summed E-state index contributed by atoms with van der Waals surface area (Å²) >= 11 is 1.42. The first-order valence-corrected chi connectivity index (χ1v) is 9.39. The number of nitrogens with one attached hydrogen (secondary N) is 1. The van der Waals surface area contributed by atoms with E-state index in [9.17, 15) is 18.8 Å². The van der Waals surface area contributed by atoms with E-state index < -0.39 is 17.5 Å². The van der Waals surface area contributed by atoms with Crippen LogP contribution >= 0.6 is 11.3 Å². The quantitative estimate of drug-likeness (QED) is 0.667. The lowest BCUT2D eigenvalue weighted by molar-refractivity contribution is 0.0992. The number of halogens is 2. The minimum Gasteiger partial charge on any atom is -0.483 e. The molecule has 0 bridgehead atoms. The molecule has 0 fully saturated rings. The van der Waals surface area contributed by atoms with Gasteiger partial charge in [-0.05, 0) is 49.1 Å². The first-order chi connectivity index (χ1) is 13.5. The van der Waals surface area contributed by atoms with Crippen molar-refractivity contribution in [2.75, 3.05) is 5.32 Å². The molecule has 0 unspecified atom stereocenters. The van der Waals surface area contributed by atoms with E-state index in [0.29, 0.717) is 16.3 Å².